The average Bonchev–Trinajstić information content (AvgIpc) is 3.89. The van der Waals surface area contributed by atoms with Gasteiger partial charge in [-0.25, -0.2) is 0 Å². The quantitative estimate of drug-likeness (QED) is 0.162. The molecule has 2 heterocycles. The molecule has 0 aliphatic heterocycles. The molecule has 294 valence electrons. The molecule has 0 N–H and O–H groups in total. The van der Waals surface area contributed by atoms with Gasteiger partial charge in [0.1, 0.15) is 0 Å². The van der Waals surface area contributed by atoms with Crippen LogP contribution in [0.25, 0.3) is 102 Å². The van der Waals surface area contributed by atoms with Crippen LogP contribution in [0.3, 0.4) is 0 Å². The van der Waals surface area contributed by atoms with Crippen molar-refractivity contribution in [2.24, 2.45) is 0 Å². The van der Waals surface area contributed by atoms with Crippen LogP contribution in [-0.2, 0) is 0 Å². The number of nitrogens with zero attached hydrogens (tertiary/aromatic N) is 2. The minimum absolute atomic E-state index is 1.12. The maximum absolute atomic E-state index is 2.46. The first-order valence-electron chi connectivity index (χ1n) is 21.6. The van der Waals surface area contributed by atoms with Crippen molar-refractivity contribution in [2.75, 3.05) is 4.90 Å². The summed E-state index contributed by atoms with van der Waals surface area (Å²) in [7, 11) is 0. The summed E-state index contributed by atoms with van der Waals surface area (Å²) in [4.78, 5) is 2.40. The second-order valence-corrected chi connectivity index (χ2v) is 17.6. The fraction of sp³-hybridized carbons (Fsp3) is 0. The monoisotopic (exact) mass is 818 g/mol. The number of aromatic nitrogens is 1. The lowest BCUT2D eigenvalue weighted by atomic mass is 9.94. The van der Waals surface area contributed by atoms with Crippen LogP contribution < -0.4 is 4.90 Å². The summed E-state index contributed by atoms with van der Waals surface area (Å²) in [5, 5.41) is 12.6. The summed E-state index contributed by atoms with van der Waals surface area (Å²) >= 11 is 1.87. The van der Waals surface area contributed by atoms with Gasteiger partial charge in [0, 0.05) is 53.7 Å². The molecule has 0 aliphatic rings. The predicted molar refractivity (Wildman–Crippen MR) is 272 cm³/mol. The van der Waals surface area contributed by atoms with E-state index in [4.69, 9.17) is 0 Å². The van der Waals surface area contributed by atoms with Crippen molar-refractivity contribution in [1.82, 2.24) is 4.57 Å². The lowest BCUT2D eigenvalue weighted by Gasteiger charge is -2.26. The zero-order valence-electron chi connectivity index (χ0n) is 34.2. The molecule has 11 aromatic carbocycles. The number of fused-ring (bicyclic) bond motifs is 10. The molecule has 0 unspecified atom stereocenters. The van der Waals surface area contributed by atoms with Gasteiger partial charge in [0.15, 0.2) is 0 Å². The number of para-hydroxylation sites is 1. The van der Waals surface area contributed by atoms with E-state index in [9.17, 15) is 0 Å². The third-order valence-corrected chi connectivity index (χ3v) is 14.1. The first-order chi connectivity index (χ1) is 31.2. The number of benzene rings is 11. The summed E-state index contributed by atoms with van der Waals surface area (Å²) < 4.78 is 5.02. The molecule has 3 heteroatoms. The van der Waals surface area contributed by atoms with Crippen molar-refractivity contribution in [3.8, 4) is 27.9 Å². The molecule has 0 atom stereocenters. The number of rotatable bonds is 6. The first-order valence-corrected chi connectivity index (χ1v) is 22.4. The van der Waals surface area contributed by atoms with Crippen LogP contribution in [0.2, 0.25) is 0 Å². The highest BCUT2D eigenvalue weighted by molar-refractivity contribution is 7.25. The lowest BCUT2D eigenvalue weighted by Crippen LogP contribution is -2.09. The Morgan fingerprint density at radius 3 is 1.73 bits per heavy atom. The van der Waals surface area contributed by atoms with Gasteiger partial charge >= 0.3 is 0 Å². The van der Waals surface area contributed by atoms with Crippen LogP contribution in [0.5, 0.6) is 0 Å². The smallest absolute Gasteiger partial charge is 0.0553 e. The maximum atomic E-state index is 2.46. The van der Waals surface area contributed by atoms with Crippen molar-refractivity contribution in [1.29, 1.82) is 0 Å². The van der Waals surface area contributed by atoms with Crippen LogP contribution in [0.15, 0.2) is 231 Å². The number of anilines is 3. The minimum Gasteiger partial charge on any atom is -0.310 e. The molecule has 0 saturated heterocycles. The first kappa shape index (κ1) is 35.7. The fourth-order valence-corrected chi connectivity index (χ4v) is 11.1. The van der Waals surface area contributed by atoms with Crippen LogP contribution in [0.4, 0.5) is 17.1 Å². The van der Waals surface area contributed by atoms with E-state index in [0.717, 1.165) is 17.1 Å². The SMILES string of the molecule is c1ccc(-c2ccc(N(c3ccc4ccccc4c3)c3ccc4sc5cc(-c6cc7c(c8ccccc68)c6ccccc6n7-c6ccc7ccccc7c6)ccc5c4c3)cc2)cc1. The van der Waals surface area contributed by atoms with E-state index < -0.39 is 0 Å². The Bertz CT molecular complexity index is 3910. The van der Waals surface area contributed by atoms with E-state index in [1.165, 1.54) is 102 Å². The molecule has 0 bridgehead atoms. The molecule has 2 aromatic heterocycles. The molecule has 13 aromatic rings. The van der Waals surface area contributed by atoms with Gasteiger partial charge in [0.05, 0.1) is 11.0 Å². The molecular formula is C60H38N2S. The number of hydrogen-bond acceptors (Lipinski definition) is 2. The second-order valence-electron chi connectivity index (χ2n) is 16.5. The minimum atomic E-state index is 1.12. The summed E-state index contributed by atoms with van der Waals surface area (Å²) in [5.74, 6) is 0. The van der Waals surface area contributed by atoms with Gasteiger partial charge in [-0.15, -0.1) is 11.3 Å². The van der Waals surface area contributed by atoms with Crippen LogP contribution in [-0.4, -0.2) is 4.57 Å². The molecule has 0 aliphatic carbocycles. The van der Waals surface area contributed by atoms with Crippen molar-refractivity contribution < 1.29 is 0 Å². The highest BCUT2D eigenvalue weighted by atomic mass is 32.1. The van der Waals surface area contributed by atoms with E-state index in [2.05, 4.69) is 240 Å². The zero-order valence-corrected chi connectivity index (χ0v) is 35.1. The van der Waals surface area contributed by atoms with Gasteiger partial charge in [0.25, 0.3) is 0 Å². The highest BCUT2D eigenvalue weighted by Gasteiger charge is 2.20. The molecule has 2 nitrogen and oxygen atoms in total. The summed E-state index contributed by atoms with van der Waals surface area (Å²) in [6.45, 7) is 0. The molecule has 0 amide bonds. The Kier molecular flexibility index (Phi) is 8.12. The molecule has 0 saturated carbocycles. The van der Waals surface area contributed by atoms with E-state index in [1.807, 2.05) is 11.3 Å². The number of thiophene rings is 1. The molecule has 0 fully saturated rings. The van der Waals surface area contributed by atoms with E-state index in [1.54, 1.807) is 0 Å². The van der Waals surface area contributed by atoms with Crippen LogP contribution in [0, 0.1) is 0 Å². The Morgan fingerprint density at radius 2 is 0.921 bits per heavy atom. The maximum Gasteiger partial charge on any atom is 0.0553 e. The Balaban J connectivity index is 0.968. The summed E-state index contributed by atoms with van der Waals surface area (Å²) in [5.41, 5.74) is 11.9. The molecule has 13 rings (SSSR count). The van der Waals surface area contributed by atoms with Crippen LogP contribution >= 0.6 is 11.3 Å². The largest absolute Gasteiger partial charge is 0.310 e. The van der Waals surface area contributed by atoms with Gasteiger partial charge in [-0.3, -0.25) is 0 Å². The van der Waals surface area contributed by atoms with Crippen molar-refractivity contribution in [3.05, 3.63) is 231 Å². The molecule has 63 heavy (non-hydrogen) atoms. The van der Waals surface area contributed by atoms with Gasteiger partial charge in [0.2, 0.25) is 0 Å². The van der Waals surface area contributed by atoms with Gasteiger partial charge in [-0.1, -0.05) is 158 Å². The molecular weight excluding hydrogens is 781 g/mol. The Hall–Kier alpha value is -7.98. The zero-order chi connectivity index (χ0) is 41.4. The lowest BCUT2D eigenvalue weighted by molar-refractivity contribution is 1.19. The highest BCUT2D eigenvalue weighted by Crippen LogP contribution is 2.45. The summed E-state index contributed by atoms with van der Waals surface area (Å²) in [6, 6.07) is 84.8. The van der Waals surface area contributed by atoms with Crippen molar-refractivity contribution in [3.63, 3.8) is 0 Å². The predicted octanol–water partition coefficient (Wildman–Crippen LogP) is 17.4. The average molecular weight is 819 g/mol. The van der Waals surface area contributed by atoms with Gasteiger partial charge in [-0.05, 0) is 127 Å². The van der Waals surface area contributed by atoms with Crippen molar-refractivity contribution >= 4 is 103 Å². The second kappa shape index (κ2) is 14.3. The third-order valence-electron chi connectivity index (χ3n) is 12.9. The topological polar surface area (TPSA) is 8.17 Å². The number of hydrogen-bond donors (Lipinski definition) is 0. The van der Waals surface area contributed by atoms with Crippen molar-refractivity contribution in [2.45, 2.75) is 0 Å². The Labute approximate surface area is 368 Å². The third kappa shape index (κ3) is 5.85. The van der Waals surface area contributed by atoms with Crippen LogP contribution in [0.1, 0.15) is 0 Å². The Morgan fingerprint density at radius 1 is 0.317 bits per heavy atom. The molecule has 0 radical (unpaired) electrons. The van der Waals surface area contributed by atoms with Gasteiger partial charge in [-0.2, -0.15) is 0 Å². The van der Waals surface area contributed by atoms with Gasteiger partial charge < -0.3 is 9.47 Å². The van der Waals surface area contributed by atoms with E-state index in [0.29, 0.717) is 0 Å². The standard InChI is InChI=1S/C60H38N2S/c1-2-12-39(13-3-1)42-22-27-46(28-23-42)61(47-29-24-40-14-4-6-16-43(40)34-47)49-31-33-58-55(37-49)51-32-26-45(36-59(51)63-58)54-38-57-60(52-19-9-8-18-50(52)54)53-20-10-11-21-56(53)62(57)48-30-25-41-15-5-7-17-44(41)35-48/h1-38H. The van der Waals surface area contributed by atoms with E-state index >= 15 is 0 Å². The molecule has 0 spiro atoms. The fourth-order valence-electron chi connectivity index (χ4n) is 9.93. The normalized spacial score (nSPS) is 11.8. The van der Waals surface area contributed by atoms with E-state index in [-0.39, 0.29) is 0 Å². The summed E-state index contributed by atoms with van der Waals surface area (Å²) in [6.07, 6.45) is 0.